The molecule has 27 heavy (non-hydrogen) atoms. The average Bonchev–Trinajstić information content (AvgIpc) is 3.01. The molecule has 136 valence electrons. The van der Waals surface area contributed by atoms with Crippen LogP contribution in [-0.4, -0.2) is 10.2 Å². The van der Waals surface area contributed by atoms with Crippen LogP contribution >= 0.6 is 0 Å². The summed E-state index contributed by atoms with van der Waals surface area (Å²) < 4.78 is 6.12. The van der Waals surface area contributed by atoms with E-state index >= 15 is 0 Å². The first kappa shape index (κ1) is 18.3. The second kappa shape index (κ2) is 8.28. The molecule has 3 heteroatoms. The monoisotopic (exact) mass is 358 g/mol. The number of aromatic hydroxyl groups is 2. The first-order valence-electron chi connectivity index (χ1n) is 8.75. The molecule has 0 aliphatic carbocycles. The molecule has 3 nitrogen and oxygen atoms in total. The van der Waals surface area contributed by atoms with E-state index in [4.69, 9.17) is 14.6 Å². The lowest BCUT2D eigenvalue weighted by Gasteiger charge is -1.98. The summed E-state index contributed by atoms with van der Waals surface area (Å²) in [5.74, 6) is 1.79. The molecular weight excluding hydrogens is 336 g/mol. The molecule has 1 aromatic heterocycles. The van der Waals surface area contributed by atoms with E-state index in [-0.39, 0.29) is 11.5 Å². The Kier molecular flexibility index (Phi) is 5.62. The molecule has 0 amide bonds. The molecular formula is C24H22O3. The minimum absolute atomic E-state index is 0.0764. The van der Waals surface area contributed by atoms with E-state index in [1.165, 1.54) is 23.3 Å². The highest BCUT2D eigenvalue weighted by atomic mass is 16.3. The third-order valence-electron chi connectivity index (χ3n) is 4.40. The van der Waals surface area contributed by atoms with Crippen molar-refractivity contribution >= 4 is 0 Å². The Bertz CT molecular complexity index is 921. The Labute approximate surface area is 159 Å². The van der Waals surface area contributed by atoms with Crippen LogP contribution in [0.4, 0.5) is 0 Å². The number of rotatable bonds is 2. The molecule has 0 saturated carbocycles. The fraction of sp³-hybridized carbons (Fsp3) is 0.0833. The summed E-state index contributed by atoms with van der Waals surface area (Å²) in [5, 5.41) is 17.3. The van der Waals surface area contributed by atoms with Crippen molar-refractivity contribution in [2.24, 2.45) is 0 Å². The lowest BCUT2D eigenvalue weighted by atomic mass is 10.0. The highest BCUT2D eigenvalue weighted by Crippen LogP contribution is 2.35. The highest BCUT2D eigenvalue weighted by Gasteiger charge is 2.15. The van der Waals surface area contributed by atoms with Gasteiger partial charge in [-0.1, -0.05) is 72.8 Å². The fourth-order valence-corrected chi connectivity index (χ4v) is 2.79. The van der Waals surface area contributed by atoms with Gasteiger partial charge in [-0.05, 0) is 37.1 Å². The lowest BCUT2D eigenvalue weighted by molar-refractivity contribution is 0.404. The fourth-order valence-electron chi connectivity index (χ4n) is 2.79. The van der Waals surface area contributed by atoms with Crippen LogP contribution in [0.25, 0.3) is 22.6 Å². The molecule has 4 rings (SSSR count). The summed E-state index contributed by atoms with van der Waals surface area (Å²) in [6.07, 6.45) is 0. The van der Waals surface area contributed by atoms with Gasteiger partial charge in [0.25, 0.3) is 0 Å². The van der Waals surface area contributed by atoms with Gasteiger partial charge in [-0.25, -0.2) is 0 Å². The third-order valence-corrected chi connectivity index (χ3v) is 4.40. The number of furan rings is 1. The molecule has 1 heterocycles. The Balaban J connectivity index is 0.000000221. The zero-order chi connectivity index (χ0) is 19.2. The SMILES string of the molecule is Cc1c(-c2ccccc2)oc(-c2ccccc2)c1C.Oc1ccccc1O. The third kappa shape index (κ3) is 4.21. The number of benzene rings is 3. The average molecular weight is 358 g/mol. The molecule has 4 aromatic rings. The molecule has 0 bridgehead atoms. The summed E-state index contributed by atoms with van der Waals surface area (Å²) in [6.45, 7) is 4.24. The van der Waals surface area contributed by atoms with Gasteiger partial charge in [0.2, 0.25) is 0 Å². The van der Waals surface area contributed by atoms with Crippen LogP contribution < -0.4 is 0 Å². The first-order chi connectivity index (χ1) is 13.1. The quantitative estimate of drug-likeness (QED) is 0.412. The van der Waals surface area contributed by atoms with Crippen molar-refractivity contribution in [3.05, 3.63) is 96.1 Å². The standard InChI is InChI=1S/C18H16O.C6H6O2/c1-13-14(2)18(16-11-7-4-8-12-16)19-17(13)15-9-5-3-6-10-15;7-5-3-1-2-4-6(5)8/h3-12H,1-2H3;1-4,7-8H. The van der Waals surface area contributed by atoms with E-state index in [0.29, 0.717) is 0 Å². The van der Waals surface area contributed by atoms with Crippen LogP contribution in [0.2, 0.25) is 0 Å². The van der Waals surface area contributed by atoms with Gasteiger partial charge in [-0.3, -0.25) is 0 Å². The predicted molar refractivity (Wildman–Crippen MR) is 109 cm³/mol. The number of hydrogen-bond donors (Lipinski definition) is 2. The Morgan fingerprint density at radius 1 is 0.519 bits per heavy atom. The van der Waals surface area contributed by atoms with Gasteiger partial charge in [0.05, 0.1) is 0 Å². The van der Waals surface area contributed by atoms with E-state index in [2.05, 4.69) is 38.1 Å². The summed E-state index contributed by atoms with van der Waals surface area (Å²) >= 11 is 0. The van der Waals surface area contributed by atoms with Crippen LogP contribution in [0, 0.1) is 13.8 Å². The second-order valence-electron chi connectivity index (χ2n) is 6.23. The molecule has 0 spiro atoms. The van der Waals surface area contributed by atoms with Crippen molar-refractivity contribution in [1.82, 2.24) is 0 Å². The highest BCUT2D eigenvalue weighted by molar-refractivity contribution is 5.71. The van der Waals surface area contributed by atoms with E-state index < -0.39 is 0 Å². The first-order valence-corrected chi connectivity index (χ1v) is 8.75. The summed E-state index contributed by atoms with van der Waals surface area (Å²) in [6, 6.07) is 26.7. The lowest BCUT2D eigenvalue weighted by Crippen LogP contribution is -1.79. The van der Waals surface area contributed by atoms with Crippen LogP contribution in [0.3, 0.4) is 0 Å². The van der Waals surface area contributed by atoms with Crippen LogP contribution in [0.5, 0.6) is 11.5 Å². The van der Waals surface area contributed by atoms with Gasteiger partial charge in [0, 0.05) is 11.1 Å². The van der Waals surface area contributed by atoms with E-state index in [9.17, 15) is 0 Å². The Morgan fingerprint density at radius 3 is 1.19 bits per heavy atom. The molecule has 2 N–H and O–H groups in total. The molecule has 0 aliphatic heterocycles. The van der Waals surface area contributed by atoms with Crippen LogP contribution in [0.15, 0.2) is 89.3 Å². The maximum absolute atomic E-state index is 8.67. The molecule has 0 radical (unpaired) electrons. The summed E-state index contributed by atoms with van der Waals surface area (Å²) in [5.41, 5.74) is 4.69. The van der Waals surface area contributed by atoms with Crippen LogP contribution in [-0.2, 0) is 0 Å². The van der Waals surface area contributed by atoms with Crippen molar-refractivity contribution in [2.75, 3.05) is 0 Å². The van der Waals surface area contributed by atoms with Gasteiger partial charge in [-0.15, -0.1) is 0 Å². The van der Waals surface area contributed by atoms with Gasteiger partial charge in [0.1, 0.15) is 11.5 Å². The Morgan fingerprint density at radius 2 is 0.852 bits per heavy atom. The van der Waals surface area contributed by atoms with Crippen molar-refractivity contribution in [2.45, 2.75) is 13.8 Å². The van der Waals surface area contributed by atoms with Crippen molar-refractivity contribution < 1.29 is 14.6 Å². The largest absolute Gasteiger partial charge is 0.504 e. The van der Waals surface area contributed by atoms with Gasteiger partial charge < -0.3 is 14.6 Å². The van der Waals surface area contributed by atoms with Crippen molar-refractivity contribution in [3.63, 3.8) is 0 Å². The van der Waals surface area contributed by atoms with Gasteiger partial charge in [-0.2, -0.15) is 0 Å². The number of hydrogen-bond acceptors (Lipinski definition) is 3. The number of phenolic OH excluding ortho intramolecular Hbond substituents is 2. The number of para-hydroxylation sites is 2. The van der Waals surface area contributed by atoms with E-state index in [1.54, 1.807) is 12.1 Å². The number of phenols is 2. The van der Waals surface area contributed by atoms with Crippen molar-refractivity contribution in [1.29, 1.82) is 0 Å². The van der Waals surface area contributed by atoms with E-state index in [1.807, 2.05) is 36.4 Å². The summed E-state index contributed by atoms with van der Waals surface area (Å²) in [4.78, 5) is 0. The second-order valence-corrected chi connectivity index (χ2v) is 6.23. The maximum atomic E-state index is 8.67. The smallest absolute Gasteiger partial charge is 0.157 e. The predicted octanol–water partition coefficient (Wildman–Crippen LogP) is 6.33. The van der Waals surface area contributed by atoms with Gasteiger partial charge >= 0.3 is 0 Å². The molecule has 0 atom stereocenters. The van der Waals surface area contributed by atoms with Crippen molar-refractivity contribution in [3.8, 4) is 34.1 Å². The zero-order valence-corrected chi connectivity index (χ0v) is 15.4. The molecule has 0 saturated heterocycles. The molecule has 0 unspecified atom stereocenters. The molecule has 0 aliphatic rings. The maximum Gasteiger partial charge on any atom is 0.157 e. The normalized spacial score (nSPS) is 10.1. The zero-order valence-electron chi connectivity index (χ0n) is 15.4. The minimum Gasteiger partial charge on any atom is -0.504 e. The topological polar surface area (TPSA) is 53.6 Å². The molecule has 3 aromatic carbocycles. The van der Waals surface area contributed by atoms with Gasteiger partial charge in [0.15, 0.2) is 11.5 Å². The summed E-state index contributed by atoms with van der Waals surface area (Å²) in [7, 11) is 0. The van der Waals surface area contributed by atoms with Crippen LogP contribution in [0.1, 0.15) is 11.1 Å². The minimum atomic E-state index is -0.0764. The molecule has 0 fully saturated rings. The van der Waals surface area contributed by atoms with E-state index in [0.717, 1.165) is 22.6 Å². The Hall–Kier alpha value is -3.46.